The number of aliphatic hydroxyl groups is 4. The quantitative estimate of drug-likeness (QED) is 0.480. The molecule has 0 bridgehead atoms. The molecule has 0 aromatic heterocycles. The second kappa shape index (κ2) is 7.94. The number of rotatable bonds is 6. The van der Waals surface area contributed by atoms with Crippen molar-refractivity contribution < 1.29 is 35.0 Å². The van der Waals surface area contributed by atoms with Crippen molar-refractivity contribution in [2.45, 2.75) is 49.8 Å². The maximum atomic E-state index is 10.1. The summed E-state index contributed by atoms with van der Waals surface area (Å²) >= 11 is 0. The van der Waals surface area contributed by atoms with E-state index in [0.29, 0.717) is 18.6 Å². The van der Waals surface area contributed by atoms with Gasteiger partial charge >= 0.3 is 0 Å². The summed E-state index contributed by atoms with van der Waals surface area (Å²) in [6, 6.07) is 4.98. The van der Waals surface area contributed by atoms with E-state index in [2.05, 4.69) is 0 Å². The van der Waals surface area contributed by atoms with Gasteiger partial charge in [-0.25, -0.2) is 0 Å². The molecule has 7 heteroatoms. The van der Waals surface area contributed by atoms with Crippen LogP contribution in [0.2, 0.25) is 0 Å². The van der Waals surface area contributed by atoms with Crippen LogP contribution in [0.1, 0.15) is 18.4 Å². The molecule has 1 fully saturated rings. The van der Waals surface area contributed by atoms with Gasteiger partial charge in [0.1, 0.15) is 18.3 Å². The van der Waals surface area contributed by atoms with Crippen molar-refractivity contribution in [1.82, 2.24) is 0 Å². The summed E-state index contributed by atoms with van der Waals surface area (Å²) in [4.78, 5) is 0. The molecule has 0 radical (unpaired) electrons. The fourth-order valence-corrected chi connectivity index (χ4v) is 2.67. The second-order valence-electron chi connectivity index (χ2n) is 5.85. The third-order valence-corrected chi connectivity index (χ3v) is 4.12. The number of phenols is 1. The van der Waals surface area contributed by atoms with Gasteiger partial charge in [0, 0.05) is 6.42 Å². The zero-order valence-electron chi connectivity index (χ0n) is 13.0. The van der Waals surface area contributed by atoms with Crippen LogP contribution in [0.15, 0.2) is 18.2 Å². The molecular formula is C16H24O7. The van der Waals surface area contributed by atoms with Gasteiger partial charge < -0.3 is 35.0 Å². The molecule has 130 valence electrons. The van der Waals surface area contributed by atoms with E-state index in [0.717, 1.165) is 5.56 Å². The van der Waals surface area contributed by atoms with E-state index in [1.165, 1.54) is 13.2 Å². The molecule has 5 N–H and O–H groups in total. The first-order valence-electron chi connectivity index (χ1n) is 7.62. The summed E-state index contributed by atoms with van der Waals surface area (Å²) in [5.41, 5.74) is 0.902. The minimum absolute atomic E-state index is 0.0584. The van der Waals surface area contributed by atoms with Gasteiger partial charge in [0.05, 0.1) is 25.9 Å². The third-order valence-electron chi connectivity index (χ3n) is 4.12. The Bertz CT molecular complexity index is 507. The van der Waals surface area contributed by atoms with Gasteiger partial charge in [-0.1, -0.05) is 6.07 Å². The molecule has 0 saturated carbocycles. The molecule has 5 unspecified atom stereocenters. The number of aromatic hydroxyl groups is 1. The molecule has 2 rings (SSSR count). The largest absolute Gasteiger partial charge is 0.504 e. The maximum Gasteiger partial charge on any atom is 0.160 e. The number of hydrogen-bond donors (Lipinski definition) is 5. The van der Waals surface area contributed by atoms with Crippen molar-refractivity contribution in [3.8, 4) is 11.5 Å². The van der Waals surface area contributed by atoms with Crippen LogP contribution in [0, 0.1) is 0 Å². The van der Waals surface area contributed by atoms with Crippen LogP contribution >= 0.6 is 0 Å². The molecule has 5 atom stereocenters. The number of aliphatic hydroxyl groups excluding tert-OH is 4. The molecule has 0 aliphatic carbocycles. The van der Waals surface area contributed by atoms with Crippen molar-refractivity contribution in [2.75, 3.05) is 13.7 Å². The zero-order chi connectivity index (χ0) is 17.0. The maximum absolute atomic E-state index is 10.1. The Morgan fingerprint density at radius 3 is 2.70 bits per heavy atom. The highest BCUT2D eigenvalue weighted by Crippen LogP contribution is 2.27. The number of phenolic OH excluding ortho intramolecular Hbond substituents is 1. The van der Waals surface area contributed by atoms with Crippen LogP contribution < -0.4 is 4.74 Å². The first-order chi connectivity index (χ1) is 10.9. The lowest BCUT2D eigenvalue weighted by Crippen LogP contribution is -2.53. The van der Waals surface area contributed by atoms with Crippen molar-refractivity contribution in [3.63, 3.8) is 0 Å². The van der Waals surface area contributed by atoms with Crippen molar-refractivity contribution in [2.24, 2.45) is 0 Å². The van der Waals surface area contributed by atoms with E-state index in [4.69, 9.17) is 9.47 Å². The fraction of sp³-hybridized carbons (Fsp3) is 0.625. The van der Waals surface area contributed by atoms with Gasteiger partial charge in [0.2, 0.25) is 0 Å². The number of ether oxygens (including phenoxy) is 2. The van der Waals surface area contributed by atoms with E-state index in [1.807, 2.05) is 0 Å². The topological polar surface area (TPSA) is 120 Å². The van der Waals surface area contributed by atoms with Crippen molar-refractivity contribution in [3.05, 3.63) is 23.8 Å². The Balaban J connectivity index is 1.84. The predicted molar refractivity (Wildman–Crippen MR) is 81.4 cm³/mol. The van der Waals surface area contributed by atoms with Gasteiger partial charge in [-0.05, 0) is 30.5 Å². The highest BCUT2D eigenvalue weighted by Gasteiger charge is 2.38. The van der Waals surface area contributed by atoms with Gasteiger partial charge in [-0.3, -0.25) is 0 Å². The Morgan fingerprint density at radius 1 is 1.26 bits per heavy atom. The van der Waals surface area contributed by atoms with Crippen LogP contribution in [0.25, 0.3) is 0 Å². The molecule has 0 spiro atoms. The smallest absolute Gasteiger partial charge is 0.160 e. The van der Waals surface area contributed by atoms with Gasteiger partial charge in [-0.2, -0.15) is 0 Å². The SMILES string of the molecule is COc1cc(CCC(O)CC2OCC(O)C(O)C2O)ccc1O. The average molecular weight is 328 g/mol. The molecule has 1 saturated heterocycles. The van der Waals surface area contributed by atoms with Gasteiger partial charge in [-0.15, -0.1) is 0 Å². The van der Waals surface area contributed by atoms with Crippen molar-refractivity contribution >= 4 is 0 Å². The van der Waals surface area contributed by atoms with Crippen LogP contribution in [-0.2, 0) is 11.2 Å². The number of methoxy groups -OCH3 is 1. The summed E-state index contributed by atoms with van der Waals surface area (Å²) in [7, 11) is 1.47. The number of hydrogen-bond acceptors (Lipinski definition) is 7. The van der Waals surface area contributed by atoms with E-state index >= 15 is 0 Å². The highest BCUT2D eigenvalue weighted by atomic mass is 16.5. The standard InChI is InChI=1S/C16H24O7/c1-22-13-6-9(3-5-11(13)18)2-4-10(17)7-14-16(21)15(20)12(19)8-23-14/h3,5-6,10,12,14-21H,2,4,7-8H2,1H3. The zero-order valence-corrected chi connectivity index (χ0v) is 13.0. The Kier molecular flexibility index (Phi) is 6.20. The molecule has 1 aliphatic heterocycles. The van der Waals surface area contributed by atoms with E-state index < -0.39 is 30.5 Å². The molecule has 7 nitrogen and oxygen atoms in total. The molecule has 23 heavy (non-hydrogen) atoms. The first kappa shape index (κ1) is 18.0. The lowest BCUT2D eigenvalue weighted by Gasteiger charge is -2.36. The molecule has 1 aromatic carbocycles. The summed E-state index contributed by atoms with van der Waals surface area (Å²) in [6.07, 6.45) is -3.87. The Hall–Kier alpha value is -1.38. The monoisotopic (exact) mass is 328 g/mol. The first-order valence-corrected chi connectivity index (χ1v) is 7.62. The van der Waals surface area contributed by atoms with Gasteiger partial charge in [0.25, 0.3) is 0 Å². The Labute approximate surface area is 134 Å². The van der Waals surface area contributed by atoms with E-state index in [-0.39, 0.29) is 18.8 Å². The average Bonchev–Trinajstić information content (AvgIpc) is 2.54. The van der Waals surface area contributed by atoms with E-state index in [1.54, 1.807) is 12.1 Å². The minimum Gasteiger partial charge on any atom is -0.504 e. The second-order valence-corrected chi connectivity index (χ2v) is 5.85. The molecule has 0 amide bonds. The summed E-state index contributed by atoms with van der Waals surface area (Å²) < 4.78 is 10.3. The lowest BCUT2D eigenvalue weighted by molar-refractivity contribution is -0.193. The van der Waals surface area contributed by atoms with Crippen LogP contribution in [0.4, 0.5) is 0 Å². The third kappa shape index (κ3) is 4.55. The number of benzene rings is 1. The number of aryl methyl sites for hydroxylation is 1. The van der Waals surface area contributed by atoms with Crippen LogP contribution in [-0.4, -0.2) is 69.8 Å². The van der Waals surface area contributed by atoms with Crippen molar-refractivity contribution in [1.29, 1.82) is 0 Å². The molecular weight excluding hydrogens is 304 g/mol. The predicted octanol–water partition coefficient (Wildman–Crippen LogP) is -0.434. The molecule has 1 aromatic rings. The molecule has 1 aliphatic rings. The molecule has 1 heterocycles. The van der Waals surface area contributed by atoms with E-state index in [9.17, 15) is 25.5 Å². The van der Waals surface area contributed by atoms with Crippen LogP contribution in [0.3, 0.4) is 0 Å². The summed E-state index contributed by atoms with van der Waals surface area (Å²) in [5.74, 6) is 0.434. The fourth-order valence-electron chi connectivity index (χ4n) is 2.67. The minimum atomic E-state index is -1.26. The highest BCUT2D eigenvalue weighted by molar-refractivity contribution is 5.41. The van der Waals surface area contributed by atoms with Crippen LogP contribution in [0.5, 0.6) is 11.5 Å². The summed E-state index contributed by atoms with van der Waals surface area (Å²) in [6.45, 7) is -0.0647. The normalized spacial score (nSPS) is 29.3. The Morgan fingerprint density at radius 2 is 2.00 bits per heavy atom. The van der Waals surface area contributed by atoms with Gasteiger partial charge in [0.15, 0.2) is 11.5 Å². The summed E-state index contributed by atoms with van der Waals surface area (Å²) in [5, 5.41) is 48.5. The lowest BCUT2D eigenvalue weighted by atomic mass is 9.94.